The van der Waals surface area contributed by atoms with E-state index in [1.54, 1.807) is 12.1 Å². The molecule has 0 aliphatic carbocycles. The van der Waals surface area contributed by atoms with Crippen LogP contribution in [0.5, 0.6) is 0 Å². The molecular formula is C20H28FN3O2. The van der Waals surface area contributed by atoms with Crippen molar-refractivity contribution in [3.05, 3.63) is 35.6 Å². The van der Waals surface area contributed by atoms with Crippen LogP contribution in [0.25, 0.3) is 0 Å². The summed E-state index contributed by atoms with van der Waals surface area (Å²) in [6, 6.07) is 6.72. The predicted octanol–water partition coefficient (Wildman–Crippen LogP) is 2.16. The summed E-state index contributed by atoms with van der Waals surface area (Å²) in [4.78, 5) is 28.5. The summed E-state index contributed by atoms with van der Waals surface area (Å²) in [7, 11) is 0. The number of likely N-dealkylation sites (tertiary alicyclic amines) is 2. The van der Waals surface area contributed by atoms with Gasteiger partial charge in [0.1, 0.15) is 5.82 Å². The molecule has 26 heavy (non-hydrogen) atoms. The first-order valence-corrected chi connectivity index (χ1v) is 9.60. The Bertz CT molecular complexity index is 652. The van der Waals surface area contributed by atoms with Crippen molar-refractivity contribution in [1.82, 2.24) is 15.1 Å². The van der Waals surface area contributed by atoms with Gasteiger partial charge in [0.2, 0.25) is 11.8 Å². The summed E-state index contributed by atoms with van der Waals surface area (Å²) >= 11 is 0. The molecule has 2 atom stereocenters. The second kappa shape index (κ2) is 8.62. The minimum absolute atomic E-state index is 0.0340. The zero-order valence-corrected chi connectivity index (χ0v) is 15.4. The van der Waals surface area contributed by atoms with E-state index in [0.717, 1.165) is 37.9 Å². The number of benzene rings is 1. The highest BCUT2D eigenvalue weighted by Crippen LogP contribution is 2.20. The van der Waals surface area contributed by atoms with E-state index < -0.39 is 0 Å². The molecule has 6 heteroatoms. The Labute approximate surface area is 154 Å². The molecule has 2 unspecified atom stereocenters. The van der Waals surface area contributed by atoms with Gasteiger partial charge in [-0.1, -0.05) is 19.1 Å². The molecule has 1 aromatic carbocycles. The highest BCUT2D eigenvalue weighted by atomic mass is 19.1. The van der Waals surface area contributed by atoms with Crippen LogP contribution in [-0.4, -0.2) is 53.8 Å². The van der Waals surface area contributed by atoms with E-state index in [4.69, 9.17) is 0 Å². The number of hydrogen-bond acceptors (Lipinski definition) is 3. The molecule has 3 rings (SSSR count). The largest absolute Gasteiger partial charge is 0.351 e. The second-order valence-electron chi connectivity index (χ2n) is 7.39. The van der Waals surface area contributed by atoms with Gasteiger partial charge in [-0.3, -0.25) is 14.5 Å². The molecule has 2 heterocycles. The van der Waals surface area contributed by atoms with Gasteiger partial charge in [-0.15, -0.1) is 0 Å². The second-order valence-corrected chi connectivity index (χ2v) is 7.39. The summed E-state index contributed by atoms with van der Waals surface area (Å²) in [5.74, 6) is -0.0140. The fourth-order valence-electron chi connectivity index (χ4n) is 3.95. The van der Waals surface area contributed by atoms with Gasteiger partial charge in [0.25, 0.3) is 0 Å². The molecule has 0 aromatic heterocycles. The molecule has 5 nitrogen and oxygen atoms in total. The maximum atomic E-state index is 13.4. The average Bonchev–Trinajstić information content (AvgIpc) is 3.10. The van der Waals surface area contributed by atoms with Crippen molar-refractivity contribution in [2.45, 2.75) is 45.2 Å². The molecule has 142 valence electrons. The van der Waals surface area contributed by atoms with Gasteiger partial charge in [-0.2, -0.15) is 0 Å². The maximum absolute atomic E-state index is 13.4. The van der Waals surface area contributed by atoms with E-state index in [0.29, 0.717) is 26.1 Å². The fraction of sp³-hybridized carbons (Fsp3) is 0.600. The Balaban J connectivity index is 1.49. The van der Waals surface area contributed by atoms with Crippen LogP contribution in [0.4, 0.5) is 4.39 Å². The van der Waals surface area contributed by atoms with Gasteiger partial charge < -0.3 is 10.2 Å². The Kier molecular flexibility index (Phi) is 6.25. The van der Waals surface area contributed by atoms with Crippen molar-refractivity contribution in [2.75, 3.05) is 26.2 Å². The monoisotopic (exact) mass is 361 g/mol. The van der Waals surface area contributed by atoms with Crippen LogP contribution in [0.3, 0.4) is 0 Å². The molecule has 1 N–H and O–H groups in total. The molecule has 2 amide bonds. The molecule has 0 spiro atoms. The van der Waals surface area contributed by atoms with Crippen LogP contribution in [0, 0.1) is 11.7 Å². The van der Waals surface area contributed by atoms with E-state index in [9.17, 15) is 14.0 Å². The van der Waals surface area contributed by atoms with Gasteiger partial charge in [0.15, 0.2) is 0 Å². The van der Waals surface area contributed by atoms with Crippen LogP contribution in [-0.2, 0) is 16.1 Å². The first-order chi connectivity index (χ1) is 12.5. The summed E-state index contributed by atoms with van der Waals surface area (Å²) in [5, 5.41) is 3.13. The van der Waals surface area contributed by atoms with E-state index in [2.05, 4.69) is 10.2 Å². The highest BCUT2D eigenvalue weighted by molar-refractivity contribution is 5.80. The lowest BCUT2D eigenvalue weighted by Gasteiger charge is -2.32. The number of nitrogens with one attached hydrogen (secondary N) is 1. The molecule has 2 aliphatic heterocycles. The van der Waals surface area contributed by atoms with Crippen molar-refractivity contribution >= 4 is 11.8 Å². The number of hydrogen-bond donors (Lipinski definition) is 1. The molecule has 2 aliphatic rings. The minimum Gasteiger partial charge on any atom is -0.351 e. The molecule has 1 aromatic rings. The van der Waals surface area contributed by atoms with Gasteiger partial charge in [-0.05, 0) is 43.5 Å². The van der Waals surface area contributed by atoms with Gasteiger partial charge in [0.05, 0.1) is 5.92 Å². The van der Waals surface area contributed by atoms with Gasteiger partial charge >= 0.3 is 0 Å². The maximum Gasteiger partial charge on any atom is 0.224 e. The van der Waals surface area contributed by atoms with E-state index in [1.807, 2.05) is 17.9 Å². The Morgan fingerprint density at radius 1 is 1.23 bits per heavy atom. The van der Waals surface area contributed by atoms with Crippen LogP contribution in [0.2, 0.25) is 0 Å². The summed E-state index contributed by atoms with van der Waals surface area (Å²) in [5.41, 5.74) is 0.940. The molecule has 0 saturated carbocycles. The SMILES string of the molecule is CCC(=O)N1CCC(NC(=O)C2CCCN(Cc3cccc(F)c3)C2)C1. The van der Waals surface area contributed by atoms with E-state index in [1.165, 1.54) is 6.07 Å². The number of rotatable bonds is 5. The Hall–Kier alpha value is -1.95. The van der Waals surface area contributed by atoms with Crippen molar-refractivity contribution in [3.8, 4) is 0 Å². The van der Waals surface area contributed by atoms with Gasteiger partial charge in [0, 0.05) is 38.6 Å². The van der Waals surface area contributed by atoms with Crippen molar-refractivity contribution in [1.29, 1.82) is 0 Å². The summed E-state index contributed by atoms with van der Waals surface area (Å²) in [6.07, 6.45) is 3.20. The normalized spacial score (nSPS) is 23.8. The Morgan fingerprint density at radius 3 is 2.85 bits per heavy atom. The number of amides is 2. The third-order valence-electron chi connectivity index (χ3n) is 5.36. The first kappa shape index (κ1) is 18.8. The third kappa shape index (κ3) is 4.81. The molecule has 2 saturated heterocycles. The smallest absolute Gasteiger partial charge is 0.224 e. The first-order valence-electron chi connectivity index (χ1n) is 9.60. The minimum atomic E-state index is -0.221. The molecule has 0 bridgehead atoms. The van der Waals surface area contributed by atoms with E-state index in [-0.39, 0.29) is 29.6 Å². The zero-order valence-electron chi connectivity index (χ0n) is 15.4. The van der Waals surface area contributed by atoms with Crippen molar-refractivity contribution < 1.29 is 14.0 Å². The number of piperidine rings is 1. The Morgan fingerprint density at radius 2 is 2.08 bits per heavy atom. The van der Waals surface area contributed by atoms with Crippen molar-refractivity contribution in [2.24, 2.45) is 5.92 Å². The number of carbonyl (C=O) groups excluding carboxylic acids is 2. The van der Waals surface area contributed by atoms with Crippen molar-refractivity contribution in [3.63, 3.8) is 0 Å². The predicted molar refractivity (Wildman–Crippen MR) is 97.8 cm³/mol. The molecule has 0 radical (unpaired) electrons. The lowest BCUT2D eigenvalue weighted by Crippen LogP contribution is -2.46. The zero-order chi connectivity index (χ0) is 18.5. The third-order valence-corrected chi connectivity index (χ3v) is 5.36. The van der Waals surface area contributed by atoms with Crippen LogP contribution < -0.4 is 5.32 Å². The number of nitrogens with zero attached hydrogens (tertiary/aromatic N) is 2. The highest BCUT2D eigenvalue weighted by Gasteiger charge is 2.30. The molecule has 2 fully saturated rings. The fourth-order valence-corrected chi connectivity index (χ4v) is 3.95. The number of carbonyl (C=O) groups is 2. The molecular weight excluding hydrogens is 333 g/mol. The number of halogens is 1. The average molecular weight is 361 g/mol. The lowest BCUT2D eigenvalue weighted by molar-refractivity contribution is -0.131. The summed E-state index contributed by atoms with van der Waals surface area (Å²) in [6.45, 7) is 5.52. The van der Waals surface area contributed by atoms with Crippen LogP contribution >= 0.6 is 0 Å². The van der Waals surface area contributed by atoms with E-state index >= 15 is 0 Å². The topological polar surface area (TPSA) is 52.7 Å². The standard InChI is InChI=1S/C20H28FN3O2/c1-2-19(25)24-10-8-18(14-24)22-20(26)16-6-4-9-23(13-16)12-15-5-3-7-17(21)11-15/h3,5,7,11,16,18H,2,4,6,8-10,12-14H2,1H3,(H,22,26). The lowest BCUT2D eigenvalue weighted by atomic mass is 9.96. The summed E-state index contributed by atoms with van der Waals surface area (Å²) < 4.78 is 13.4. The van der Waals surface area contributed by atoms with Crippen LogP contribution in [0.1, 0.15) is 38.2 Å². The quantitative estimate of drug-likeness (QED) is 0.874. The van der Waals surface area contributed by atoms with Crippen LogP contribution in [0.15, 0.2) is 24.3 Å². The van der Waals surface area contributed by atoms with Gasteiger partial charge in [-0.25, -0.2) is 4.39 Å².